The summed E-state index contributed by atoms with van der Waals surface area (Å²) in [5.41, 5.74) is 0.942. The van der Waals surface area contributed by atoms with Crippen LogP contribution < -0.4 is 14.8 Å². The number of amides is 2. The molecule has 5 rings (SSSR count). The Labute approximate surface area is 248 Å². The van der Waals surface area contributed by atoms with Crippen molar-refractivity contribution in [1.29, 1.82) is 0 Å². The zero-order chi connectivity index (χ0) is 29.5. The van der Waals surface area contributed by atoms with Crippen LogP contribution in [0.15, 0.2) is 52.3 Å². The molecule has 1 N–H and O–H groups in total. The van der Waals surface area contributed by atoms with Crippen molar-refractivity contribution in [3.63, 3.8) is 0 Å². The van der Waals surface area contributed by atoms with Gasteiger partial charge in [-0.3, -0.25) is 9.59 Å². The average Bonchev–Trinajstić information content (AvgIpc) is 3.78. The van der Waals surface area contributed by atoms with Crippen LogP contribution >= 0.6 is 11.3 Å². The van der Waals surface area contributed by atoms with Crippen LogP contribution in [0.2, 0.25) is 0 Å². The third kappa shape index (κ3) is 6.99. The molecule has 0 radical (unpaired) electrons. The van der Waals surface area contributed by atoms with E-state index in [1.807, 2.05) is 48.7 Å². The van der Waals surface area contributed by atoms with E-state index in [1.165, 1.54) is 22.6 Å². The largest absolute Gasteiger partial charge is 0.493 e. The van der Waals surface area contributed by atoms with Gasteiger partial charge in [-0.2, -0.15) is 4.80 Å². The van der Waals surface area contributed by atoms with E-state index in [1.54, 1.807) is 25.2 Å². The van der Waals surface area contributed by atoms with Crippen LogP contribution in [0.3, 0.4) is 0 Å². The second-order valence-corrected chi connectivity index (χ2v) is 11.3. The van der Waals surface area contributed by atoms with Crippen LogP contribution in [-0.4, -0.2) is 63.7 Å². The molecule has 1 saturated carbocycles. The number of carbonyl (C=O) groups excluding carboxylic acids is 2. The van der Waals surface area contributed by atoms with Gasteiger partial charge in [0.25, 0.3) is 0 Å². The fourth-order valence-corrected chi connectivity index (χ4v) is 6.09. The van der Waals surface area contributed by atoms with Crippen LogP contribution in [0.25, 0.3) is 11.6 Å². The predicted molar refractivity (Wildman–Crippen MR) is 157 cm³/mol. The minimum Gasteiger partial charge on any atom is -0.493 e. The van der Waals surface area contributed by atoms with Crippen molar-refractivity contribution in [2.45, 2.75) is 64.1 Å². The van der Waals surface area contributed by atoms with Gasteiger partial charge in [-0.05, 0) is 72.7 Å². The van der Waals surface area contributed by atoms with Crippen molar-refractivity contribution in [3.05, 3.63) is 64.0 Å². The summed E-state index contributed by atoms with van der Waals surface area (Å²) in [7, 11) is 3.18. The minimum atomic E-state index is -0.796. The number of ether oxygens (including phenoxy) is 2. The Morgan fingerprint density at radius 3 is 2.62 bits per heavy atom. The van der Waals surface area contributed by atoms with E-state index in [0.29, 0.717) is 23.7 Å². The van der Waals surface area contributed by atoms with E-state index < -0.39 is 6.04 Å². The minimum absolute atomic E-state index is 0.104. The van der Waals surface area contributed by atoms with Gasteiger partial charge in [-0.15, -0.1) is 21.5 Å². The van der Waals surface area contributed by atoms with Crippen LogP contribution in [0.1, 0.15) is 54.3 Å². The normalized spacial score (nSPS) is 14.4. The lowest BCUT2D eigenvalue weighted by Gasteiger charge is -2.32. The molecule has 0 aliphatic heterocycles. The third-order valence-electron chi connectivity index (χ3n) is 7.42. The Balaban J connectivity index is 1.42. The van der Waals surface area contributed by atoms with Gasteiger partial charge in [0.1, 0.15) is 18.3 Å². The smallest absolute Gasteiger partial charge is 0.248 e. The predicted octanol–water partition coefficient (Wildman–Crippen LogP) is 4.58. The van der Waals surface area contributed by atoms with Gasteiger partial charge >= 0.3 is 0 Å². The maximum absolute atomic E-state index is 14.0. The van der Waals surface area contributed by atoms with Crippen LogP contribution in [0.5, 0.6) is 11.5 Å². The highest BCUT2D eigenvalue weighted by Crippen LogP contribution is 2.30. The Bertz CT molecular complexity index is 1480. The summed E-state index contributed by atoms with van der Waals surface area (Å²) in [5, 5.41) is 17.7. The van der Waals surface area contributed by atoms with E-state index in [2.05, 4.69) is 20.7 Å². The van der Waals surface area contributed by atoms with Crippen LogP contribution in [0, 0.1) is 6.92 Å². The van der Waals surface area contributed by atoms with Gasteiger partial charge < -0.3 is 24.1 Å². The number of nitrogens with zero attached hydrogens (tertiary/aromatic N) is 5. The van der Waals surface area contributed by atoms with Gasteiger partial charge in [0.2, 0.25) is 17.6 Å². The lowest BCUT2D eigenvalue weighted by Crippen LogP contribution is -2.48. The Morgan fingerprint density at radius 1 is 1.12 bits per heavy atom. The number of nitrogens with one attached hydrogen (secondary N) is 1. The first kappa shape index (κ1) is 29.3. The highest BCUT2D eigenvalue weighted by Gasteiger charge is 2.34. The second kappa shape index (κ2) is 13.6. The third-order valence-corrected chi connectivity index (χ3v) is 8.35. The van der Waals surface area contributed by atoms with E-state index in [-0.39, 0.29) is 36.8 Å². The highest BCUT2D eigenvalue weighted by atomic mass is 32.1. The van der Waals surface area contributed by atoms with Gasteiger partial charge in [0.15, 0.2) is 17.3 Å². The molecule has 2 amide bonds. The number of furan rings is 1. The summed E-state index contributed by atoms with van der Waals surface area (Å²) >= 11 is 1.46. The maximum atomic E-state index is 14.0. The number of aromatic nitrogens is 4. The first-order valence-corrected chi connectivity index (χ1v) is 15.0. The lowest BCUT2D eigenvalue weighted by molar-refractivity contribution is -0.142. The maximum Gasteiger partial charge on any atom is 0.248 e. The number of tetrazole rings is 1. The van der Waals surface area contributed by atoms with Gasteiger partial charge in [-0.25, -0.2) is 0 Å². The van der Waals surface area contributed by atoms with Gasteiger partial charge in [0.05, 0.1) is 14.2 Å². The number of carbonyl (C=O) groups is 2. The van der Waals surface area contributed by atoms with Crippen molar-refractivity contribution in [2.24, 2.45) is 0 Å². The number of hydrogen-bond acceptors (Lipinski definition) is 9. The van der Waals surface area contributed by atoms with Crippen molar-refractivity contribution in [3.8, 4) is 23.1 Å². The fraction of sp³-hybridized carbons (Fsp3) is 0.433. The molecule has 1 atom stereocenters. The number of hydrogen-bond donors (Lipinski definition) is 1. The standard InChI is InChI=1S/C30H36N6O5S/c1-20-11-13-24(41-20)29-32-34-36(33-29)19-27(37)35(16-15-21-12-14-23(39-2)25(18-21)40-3)28(26-10-7-17-42-26)30(38)31-22-8-5-4-6-9-22/h7,10-14,17-18,22,28H,4-6,8-9,15-16,19H2,1-3H3,(H,31,38). The molecule has 1 unspecified atom stereocenters. The molecule has 0 saturated heterocycles. The summed E-state index contributed by atoms with van der Waals surface area (Å²) in [5.74, 6) is 2.23. The molecule has 1 aromatic carbocycles. The lowest BCUT2D eigenvalue weighted by atomic mass is 9.95. The molecule has 1 fully saturated rings. The molecule has 11 nitrogen and oxygen atoms in total. The van der Waals surface area contributed by atoms with E-state index in [0.717, 1.165) is 41.9 Å². The average molecular weight is 593 g/mol. The van der Waals surface area contributed by atoms with Gasteiger partial charge in [-0.1, -0.05) is 31.4 Å². The molecule has 4 aromatic rings. The Hall–Kier alpha value is -4.19. The summed E-state index contributed by atoms with van der Waals surface area (Å²) in [6.45, 7) is 1.93. The molecule has 1 aliphatic rings. The van der Waals surface area contributed by atoms with Crippen LogP contribution in [0.4, 0.5) is 0 Å². The first-order valence-electron chi connectivity index (χ1n) is 14.1. The summed E-state index contributed by atoms with van der Waals surface area (Å²) in [6.07, 6.45) is 5.74. The zero-order valence-corrected chi connectivity index (χ0v) is 24.9. The monoisotopic (exact) mass is 592 g/mol. The number of methoxy groups -OCH3 is 2. The topological polar surface area (TPSA) is 125 Å². The van der Waals surface area contributed by atoms with Gasteiger partial charge in [0, 0.05) is 17.5 Å². The number of benzene rings is 1. The SMILES string of the molecule is COc1ccc(CCN(C(=O)Cn2nnc(-c3ccc(C)o3)n2)C(C(=O)NC2CCCCC2)c2cccs2)cc1OC. The van der Waals surface area contributed by atoms with Crippen molar-refractivity contribution in [2.75, 3.05) is 20.8 Å². The zero-order valence-electron chi connectivity index (χ0n) is 24.1. The molecular formula is C30H36N6O5S. The summed E-state index contributed by atoms with van der Waals surface area (Å²) < 4.78 is 16.5. The van der Waals surface area contributed by atoms with Crippen molar-refractivity contribution < 1.29 is 23.5 Å². The summed E-state index contributed by atoms with van der Waals surface area (Å²) in [4.78, 5) is 31.6. The molecule has 42 heavy (non-hydrogen) atoms. The molecule has 0 bridgehead atoms. The molecule has 0 spiro atoms. The number of aryl methyl sites for hydroxylation is 1. The van der Waals surface area contributed by atoms with Crippen LogP contribution in [-0.2, 0) is 22.6 Å². The summed E-state index contributed by atoms with van der Waals surface area (Å²) in [6, 6.07) is 12.3. The fourth-order valence-electron chi connectivity index (χ4n) is 5.26. The van der Waals surface area contributed by atoms with E-state index in [9.17, 15) is 9.59 Å². The molecule has 1 aliphatic carbocycles. The van der Waals surface area contributed by atoms with E-state index in [4.69, 9.17) is 13.9 Å². The number of thiophene rings is 1. The Morgan fingerprint density at radius 2 is 1.93 bits per heavy atom. The first-order chi connectivity index (χ1) is 20.4. The molecule has 3 aromatic heterocycles. The highest BCUT2D eigenvalue weighted by molar-refractivity contribution is 7.10. The second-order valence-electron chi connectivity index (χ2n) is 10.3. The van der Waals surface area contributed by atoms with E-state index >= 15 is 0 Å². The molecular weight excluding hydrogens is 556 g/mol. The Kier molecular flexibility index (Phi) is 9.52. The van der Waals surface area contributed by atoms with Crippen molar-refractivity contribution in [1.82, 2.24) is 30.4 Å². The molecule has 3 heterocycles. The molecule has 12 heteroatoms. The van der Waals surface area contributed by atoms with Crippen molar-refractivity contribution >= 4 is 23.2 Å². The quantitative estimate of drug-likeness (QED) is 0.254. The number of rotatable bonds is 12. The molecule has 222 valence electrons.